The van der Waals surface area contributed by atoms with E-state index in [4.69, 9.17) is 5.73 Å². The van der Waals surface area contributed by atoms with Gasteiger partial charge in [0.05, 0.1) is 6.04 Å². The molecule has 1 unspecified atom stereocenters. The van der Waals surface area contributed by atoms with Crippen LogP contribution in [0.5, 0.6) is 0 Å². The first-order chi connectivity index (χ1) is 7.18. The summed E-state index contributed by atoms with van der Waals surface area (Å²) in [7, 11) is 0. The molecule has 2 nitrogen and oxygen atoms in total. The molecule has 15 heavy (non-hydrogen) atoms. The van der Waals surface area contributed by atoms with E-state index in [0.29, 0.717) is 0 Å². The molecule has 1 aromatic carbocycles. The van der Waals surface area contributed by atoms with Gasteiger partial charge in [0.1, 0.15) is 5.01 Å². The number of rotatable bonds is 2. The molecule has 0 radical (unpaired) electrons. The van der Waals surface area contributed by atoms with E-state index in [-0.39, 0.29) is 6.04 Å². The van der Waals surface area contributed by atoms with E-state index in [9.17, 15) is 0 Å². The lowest BCUT2D eigenvalue weighted by Gasteiger charge is -2.11. The molecule has 0 fully saturated rings. The van der Waals surface area contributed by atoms with Crippen LogP contribution in [0.2, 0.25) is 0 Å². The minimum absolute atomic E-state index is 0.139. The Hall–Kier alpha value is -0.710. The highest BCUT2D eigenvalue weighted by molar-refractivity contribution is 9.10. The maximum absolute atomic E-state index is 6.13. The Bertz CT molecular complexity index is 454. The first-order valence-corrected chi connectivity index (χ1v) is 6.27. The number of thiazole rings is 1. The number of aromatic nitrogens is 1. The van der Waals surface area contributed by atoms with Crippen LogP contribution in [-0.4, -0.2) is 4.98 Å². The number of hydrogen-bond acceptors (Lipinski definition) is 3. The van der Waals surface area contributed by atoms with Crippen LogP contribution in [0.15, 0.2) is 34.2 Å². The topological polar surface area (TPSA) is 38.9 Å². The molecule has 0 bridgehead atoms. The van der Waals surface area contributed by atoms with Crippen LogP contribution < -0.4 is 5.73 Å². The summed E-state index contributed by atoms with van der Waals surface area (Å²) in [5, 5.41) is 2.89. The van der Waals surface area contributed by atoms with Gasteiger partial charge < -0.3 is 5.73 Å². The lowest BCUT2D eigenvalue weighted by molar-refractivity contribution is 0.852. The molecule has 1 atom stereocenters. The molecule has 0 aliphatic carbocycles. The summed E-state index contributed by atoms with van der Waals surface area (Å²) in [6.45, 7) is 2.06. The monoisotopic (exact) mass is 282 g/mol. The van der Waals surface area contributed by atoms with Crippen molar-refractivity contribution in [3.8, 4) is 0 Å². The molecule has 0 saturated carbocycles. The summed E-state index contributed by atoms with van der Waals surface area (Å²) < 4.78 is 1.05. The minimum atomic E-state index is -0.139. The van der Waals surface area contributed by atoms with Crippen molar-refractivity contribution in [1.82, 2.24) is 4.98 Å². The summed E-state index contributed by atoms with van der Waals surface area (Å²) >= 11 is 5.11. The maximum Gasteiger partial charge on any atom is 0.114 e. The fourth-order valence-electron chi connectivity index (χ4n) is 1.41. The van der Waals surface area contributed by atoms with Crippen LogP contribution in [0.1, 0.15) is 22.2 Å². The van der Waals surface area contributed by atoms with Gasteiger partial charge in [0, 0.05) is 16.0 Å². The van der Waals surface area contributed by atoms with Crippen molar-refractivity contribution < 1.29 is 0 Å². The highest BCUT2D eigenvalue weighted by Gasteiger charge is 2.14. The van der Waals surface area contributed by atoms with Crippen molar-refractivity contribution in [1.29, 1.82) is 0 Å². The van der Waals surface area contributed by atoms with Crippen LogP contribution in [0.25, 0.3) is 0 Å². The molecule has 0 aliphatic rings. The molecule has 2 aromatic rings. The molecule has 2 rings (SSSR count). The molecular formula is C11H11BrN2S. The Kier molecular flexibility index (Phi) is 3.19. The third kappa shape index (κ3) is 2.27. The zero-order valence-electron chi connectivity index (χ0n) is 8.27. The van der Waals surface area contributed by atoms with Gasteiger partial charge in [-0.25, -0.2) is 4.98 Å². The smallest absolute Gasteiger partial charge is 0.114 e. The number of nitrogens with zero attached hydrogens (tertiary/aromatic N) is 1. The molecule has 0 spiro atoms. The highest BCUT2D eigenvalue weighted by Crippen LogP contribution is 2.28. The van der Waals surface area contributed by atoms with Gasteiger partial charge in [-0.3, -0.25) is 0 Å². The Labute approximate surface area is 101 Å². The molecule has 78 valence electrons. The molecule has 1 aromatic heterocycles. The predicted molar refractivity (Wildman–Crippen MR) is 67.0 cm³/mol. The number of halogens is 1. The van der Waals surface area contributed by atoms with Crippen molar-refractivity contribution in [2.45, 2.75) is 13.0 Å². The largest absolute Gasteiger partial charge is 0.318 e. The van der Waals surface area contributed by atoms with Crippen molar-refractivity contribution in [2.75, 3.05) is 0 Å². The van der Waals surface area contributed by atoms with Gasteiger partial charge in [0.2, 0.25) is 0 Å². The average Bonchev–Trinajstić information content (AvgIpc) is 2.69. The molecule has 2 N–H and O–H groups in total. The summed E-state index contributed by atoms with van der Waals surface area (Å²) in [6.07, 6.45) is 1.78. The molecule has 0 saturated heterocycles. The van der Waals surface area contributed by atoms with Gasteiger partial charge in [-0.2, -0.15) is 0 Å². The number of hydrogen-bond donors (Lipinski definition) is 1. The molecule has 0 aliphatic heterocycles. The molecule has 1 heterocycles. The third-order valence-corrected chi connectivity index (χ3v) is 3.75. The fraction of sp³-hybridized carbons (Fsp3) is 0.182. The highest BCUT2D eigenvalue weighted by atomic mass is 79.9. The molecule has 4 heteroatoms. The normalized spacial score (nSPS) is 12.7. The van der Waals surface area contributed by atoms with Gasteiger partial charge in [0.15, 0.2) is 0 Å². The van der Waals surface area contributed by atoms with E-state index in [1.807, 2.05) is 11.4 Å². The van der Waals surface area contributed by atoms with Crippen LogP contribution in [0.3, 0.4) is 0 Å². The second kappa shape index (κ2) is 4.43. The van der Waals surface area contributed by atoms with Gasteiger partial charge in [-0.05, 0) is 24.1 Å². The maximum atomic E-state index is 6.13. The lowest BCUT2D eigenvalue weighted by Crippen LogP contribution is -2.12. The number of nitrogens with two attached hydrogens (primary N) is 1. The van der Waals surface area contributed by atoms with Gasteiger partial charge in [0.25, 0.3) is 0 Å². The minimum Gasteiger partial charge on any atom is -0.318 e. The van der Waals surface area contributed by atoms with E-state index in [1.165, 1.54) is 5.56 Å². The molecule has 0 amide bonds. The van der Waals surface area contributed by atoms with Gasteiger partial charge in [-0.1, -0.05) is 28.1 Å². The van der Waals surface area contributed by atoms with E-state index in [2.05, 4.69) is 40.0 Å². The standard InChI is InChI=1S/C11H11BrN2S/c1-7-2-3-8(9(12)6-7)10(13)11-14-4-5-15-11/h2-6,10H,13H2,1H3. The second-order valence-electron chi connectivity index (χ2n) is 3.37. The summed E-state index contributed by atoms with van der Waals surface area (Å²) in [4.78, 5) is 4.23. The summed E-state index contributed by atoms with van der Waals surface area (Å²) in [5.41, 5.74) is 8.43. The summed E-state index contributed by atoms with van der Waals surface area (Å²) in [6, 6.07) is 6.04. The third-order valence-electron chi connectivity index (χ3n) is 2.21. The first-order valence-electron chi connectivity index (χ1n) is 4.59. The average molecular weight is 283 g/mol. The Morgan fingerprint density at radius 1 is 1.47 bits per heavy atom. The van der Waals surface area contributed by atoms with Crippen molar-refractivity contribution in [2.24, 2.45) is 5.73 Å². The predicted octanol–water partition coefficient (Wildman–Crippen LogP) is 3.26. The zero-order valence-corrected chi connectivity index (χ0v) is 10.7. The lowest BCUT2D eigenvalue weighted by atomic mass is 10.1. The van der Waals surface area contributed by atoms with Crippen LogP contribution in [0, 0.1) is 6.92 Å². The van der Waals surface area contributed by atoms with E-state index in [1.54, 1.807) is 17.5 Å². The van der Waals surface area contributed by atoms with Crippen molar-refractivity contribution >= 4 is 27.3 Å². The zero-order chi connectivity index (χ0) is 10.8. The number of benzene rings is 1. The molecular weight excluding hydrogens is 272 g/mol. The van der Waals surface area contributed by atoms with Crippen molar-refractivity contribution in [3.63, 3.8) is 0 Å². The van der Waals surface area contributed by atoms with Crippen LogP contribution in [-0.2, 0) is 0 Å². The Balaban J connectivity index is 2.38. The number of aryl methyl sites for hydroxylation is 1. The van der Waals surface area contributed by atoms with Crippen molar-refractivity contribution in [3.05, 3.63) is 50.4 Å². The first kappa shape index (κ1) is 10.8. The fourth-order valence-corrected chi connectivity index (χ4v) is 2.80. The van der Waals surface area contributed by atoms with Gasteiger partial charge in [-0.15, -0.1) is 11.3 Å². The second-order valence-corrected chi connectivity index (χ2v) is 5.15. The van der Waals surface area contributed by atoms with Gasteiger partial charge >= 0.3 is 0 Å². The quantitative estimate of drug-likeness (QED) is 0.918. The van der Waals surface area contributed by atoms with Crippen LogP contribution in [0.4, 0.5) is 0 Å². The SMILES string of the molecule is Cc1ccc(C(N)c2nccs2)c(Br)c1. The van der Waals surface area contributed by atoms with E-state index >= 15 is 0 Å². The van der Waals surface area contributed by atoms with E-state index in [0.717, 1.165) is 15.0 Å². The van der Waals surface area contributed by atoms with Crippen LogP contribution >= 0.6 is 27.3 Å². The Morgan fingerprint density at radius 2 is 2.27 bits per heavy atom. The van der Waals surface area contributed by atoms with E-state index < -0.39 is 0 Å². The Morgan fingerprint density at radius 3 is 2.87 bits per heavy atom. The summed E-state index contributed by atoms with van der Waals surface area (Å²) in [5.74, 6) is 0.